The normalized spacial score (nSPS) is 14.9. The van der Waals surface area contributed by atoms with Crippen molar-refractivity contribution in [2.24, 2.45) is 5.92 Å². The number of sulfone groups is 1. The maximum Gasteiger partial charge on any atom is 0.262 e. The molecule has 0 unspecified atom stereocenters. The third-order valence-electron chi connectivity index (χ3n) is 5.02. The van der Waals surface area contributed by atoms with E-state index in [4.69, 9.17) is 0 Å². The summed E-state index contributed by atoms with van der Waals surface area (Å²) < 4.78 is 24.1. The van der Waals surface area contributed by atoms with Crippen LogP contribution in [0, 0.1) is 5.92 Å². The van der Waals surface area contributed by atoms with E-state index in [1.165, 1.54) is 12.1 Å². The van der Waals surface area contributed by atoms with Gasteiger partial charge in [-0.3, -0.25) is 19.3 Å². The van der Waals surface area contributed by atoms with Gasteiger partial charge < -0.3 is 5.32 Å². The van der Waals surface area contributed by atoms with Crippen molar-refractivity contribution in [3.05, 3.63) is 53.6 Å². The van der Waals surface area contributed by atoms with Crippen molar-refractivity contribution in [2.45, 2.75) is 24.8 Å². The predicted molar refractivity (Wildman–Crippen MR) is 117 cm³/mol. The average molecular weight is 458 g/mol. The third-order valence-corrected chi connectivity index (χ3v) is 7.07. The summed E-state index contributed by atoms with van der Waals surface area (Å²) >= 11 is 1.12. The second-order valence-corrected chi connectivity index (χ2v) is 10.7. The van der Waals surface area contributed by atoms with E-state index in [1.807, 2.05) is 0 Å². The topological polar surface area (TPSA) is 114 Å². The van der Waals surface area contributed by atoms with E-state index >= 15 is 0 Å². The Bertz CT molecular complexity index is 1310. The van der Waals surface area contributed by atoms with Gasteiger partial charge in [0.2, 0.25) is 5.91 Å². The van der Waals surface area contributed by atoms with Crippen LogP contribution in [-0.4, -0.2) is 48.3 Å². The largest absolute Gasteiger partial charge is 0.300 e. The molecular formula is C21H19N3O5S2. The van der Waals surface area contributed by atoms with Crippen LogP contribution in [0.15, 0.2) is 47.4 Å². The molecule has 0 bridgehead atoms. The van der Waals surface area contributed by atoms with E-state index in [0.29, 0.717) is 10.2 Å². The fourth-order valence-electron chi connectivity index (χ4n) is 3.55. The van der Waals surface area contributed by atoms with Gasteiger partial charge in [-0.15, -0.1) is 0 Å². The van der Waals surface area contributed by atoms with E-state index in [9.17, 15) is 22.8 Å². The van der Waals surface area contributed by atoms with E-state index in [-0.39, 0.29) is 27.1 Å². The first-order valence-electron chi connectivity index (χ1n) is 9.46. The Kier molecular flexibility index (Phi) is 5.14. The smallest absolute Gasteiger partial charge is 0.262 e. The number of nitrogens with one attached hydrogen (secondary N) is 1. The molecule has 0 fully saturated rings. The Morgan fingerprint density at radius 3 is 2.23 bits per heavy atom. The minimum absolute atomic E-state index is 0.160. The molecule has 1 aromatic heterocycles. The molecule has 2 heterocycles. The highest BCUT2D eigenvalue weighted by Crippen LogP contribution is 2.31. The maximum absolute atomic E-state index is 13.1. The lowest BCUT2D eigenvalue weighted by Crippen LogP contribution is -2.50. The summed E-state index contributed by atoms with van der Waals surface area (Å²) in [7, 11) is -3.37. The molecule has 8 nitrogen and oxygen atoms in total. The van der Waals surface area contributed by atoms with Crippen LogP contribution in [-0.2, 0) is 14.6 Å². The minimum Gasteiger partial charge on any atom is -0.300 e. The van der Waals surface area contributed by atoms with Gasteiger partial charge in [-0.05, 0) is 36.2 Å². The molecule has 160 valence electrons. The number of carbonyl (C=O) groups excluding carboxylic acids is 3. The zero-order valence-corrected chi connectivity index (χ0v) is 18.6. The minimum atomic E-state index is -3.37. The molecule has 31 heavy (non-hydrogen) atoms. The first kappa shape index (κ1) is 21.1. The first-order valence-corrected chi connectivity index (χ1v) is 12.2. The second-order valence-electron chi connectivity index (χ2n) is 7.62. The second kappa shape index (κ2) is 7.54. The summed E-state index contributed by atoms with van der Waals surface area (Å²) in [6.07, 6.45) is 1.12. The Morgan fingerprint density at radius 2 is 1.68 bits per heavy atom. The van der Waals surface area contributed by atoms with E-state index in [1.54, 1.807) is 44.2 Å². The number of thiazole rings is 1. The Labute approximate surface area is 182 Å². The van der Waals surface area contributed by atoms with Crippen molar-refractivity contribution >= 4 is 54.2 Å². The van der Waals surface area contributed by atoms with Gasteiger partial charge in [0.1, 0.15) is 6.04 Å². The molecule has 10 heteroatoms. The molecular weight excluding hydrogens is 438 g/mol. The Morgan fingerprint density at radius 1 is 1.06 bits per heavy atom. The van der Waals surface area contributed by atoms with Crippen LogP contribution in [0.3, 0.4) is 0 Å². The van der Waals surface area contributed by atoms with Gasteiger partial charge in [-0.1, -0.05) is 37.3 Å². The summed E-state index contributed by atoms with van der Waals surface area (Å²) in [5.41, 5.74) is 1.09. The van der Waals surface area contributed by atoms with E-state index in [2.05, 4.69) is 10.3 Å². The zero-order valence-electron chi connectivity index (χ0n) is 16.9. The van der Waals surface area contributed by atoms with Crippen LogP contribution in [0.4, 0.5) is 5.13 Å². The Balaban J connectivity index is 1.63. The zero-order chi connectivity index (χ0) is 22.5. The summed E-state index contributed by atoms with van der Waals surface area (Å²) in [4.78, 5) is 44.3. The number of nitrogens with zero attached hydrogens (tertiary/aromatic N) is 2. The van der Waals surface area contributed by atoms with Crippen LogP contribution in [0.2, 0.25) is 0 Å². The quantitative estimate of drug-likeness (QED) is 0.589. The molecule has 1 atom stereocenters. The molecule has 0 spiro atoms. The monoisotopic (exact) mass is 457 g/mol. The van der Waals surface area contributed by atoms with Gasteiger partial charge in [0.05, 0.1) is 26.2 Å². The van der Waals surface area contributed by atoms with E-state index in [0.717, 1.165) is 22.5 Å². The lowest BCUT2D eigenvalue weighted by atomic mass is 10.0. The van der Waals surface area contributed by atoms with Crippen molar-refractivity contribution in [3.8, 4) is 0 Å². The lowest BCUT2D eigenvalue weighted by molar-refractivity contribution is -0.121. The third kappa shape index (κ3) is 3.72. The summed E-state index contributed by atoms with van der Waals surface area (Å²) in [5.74, 6) is -1.88. The van der Waals surface area contributed by atoms with Gasteiger partial charge in [-0.2, -0.15) is 0 Å². The van der Waals surface area contributed by atoms with E-state index < -0.39 is 33.6 Å². The molecule has 0 saturated heterocycles. The van der Waals surface area contributed by atoms with Gasteiger partial charge >= 0.3 is 0 Å². The molecule has 1 aliphatic heterocycles. The predicted octanol–water partition coefficient (Wildman–Crippen LogP) is 2.96. The molecule has 4 rings (SSSR count). The number of hydrogen-bond acceptors (Lipinski definition) is 7. The van der Waals surface area contributed by atoms with Crippen LogP contribution in [0.25, 0.3) is 10.2 Å². The SMILES string of the molecule is CC(C)[C@H](C(=O)Nc1nc2ccc(S(C)(=O)=O)cc2s1)N1C(=O)c2ccccc2C1=O. The van der Waals surface area contributed by atoms with Gasteiger partial charge in [0, 0.05) is 6.26 Å². The van der Waals surface area contributed by atoms with Crippen LogP contribution < -0.4 is 5.32 Å². The summed E-state index contributed by atoms with van der Waals surface area (Å²) in [6.45, 7) is 3.51. The van der Waals surface area contributed by atoms with Crippen LogP contribution in [0.1, 0.15) is 34.6 Å². The number of imide groups is 1. The molecule has 1 aliphatic rings. The number of anilines is 1. The van der Waals surface area contributed by atoms with Crippen molar-refractivity contribution in [1.29, 1.82) is 0 Å². The van der Waals surface area contributed by atoms with Gasteiger partial charge in [0.25, 0.3) is 11.8 Å². The number of rotatable bonds is 5. The van der Waals surface area contributed by atoms with Crippen molar-refractivity contribution in [2.75, 3.05) is 11.6 Å². The van der Waals surface area contributed by atoms with Crippen molar-refractivity contribution in [1.82, 2.24) is 9.88 Å². The molecule has 2 aromatic carbocycles. The van der Waals surface area contributed by atoms with Crippen LogP contribution >= 0.6 is 11.3 Å². The molecule has 0 radical (unpaired) electrons. The molecule has 0 saturated carbocycles. The van der Waals surface area contributed by atoms with Crippen LogP contribution in [0.5, 0.6) is 0 Å². The molecule has 0 aliphatic carbocycles. The van der Waals surface area contributed by atoms with Crippen molar-refractivity contribution < 1.29 is 22.8 Å². The number of benzene rings is 2. The maximum atomic E-state index is 13.1. The highest BCUT2D eigenvalue weighted by molar-refractivity contribution is 7.90. The van der Waals surface area contributed by atoms with Gasteiger partial charge in [-0.25, -0.2) is 13.4 Å². The number of aromatic nitrogens is 1. The number of fused-ring (bicyclic) bond motifs is 2. The number of carbonyl (C=O) groups is 3. The Hall–Kier alpha value is -3.11. The summed E-state index contributed by atoms with van der Waals surface area (Å²) in [6, 6.07) is 9.98. The fraction of sp³-hybridized carbons (Fsp3) is 0.238. The highest BCUT2D eigenvalue weighted by Gasteiger charge is 2.44. The van der Waals surface area contributed by atoms with Crippen molar-refractivity contribution in [3.63, 3.8) is 0 Å². The molecule has 3 aromatic rings. The first-order chi connectivity index (χ1) is 14.6. The van der Waals surface area contributed by atoms with Gasteiger partial charge in [0.15, 0.2) is 15.0 Å². The number of hydrogen-bond donors (Lipinski definition) is 1. The molecule has 3 amide bonds. The number of amides is 3. The highest BCUT2D eigenvalue weighted by atomic mass is 32.2. The average Bonchev–Trinajstić information content (AvgIpc) is 3.20. The summed E-state index contributed by atoms with van der Waals surface area (Å²) in [5, 5.41) is 2.95. The standard InChI is InChI=1S/C21H19N3O5S2/c1-11(2)17(24-19(26)13-6-4-5-7-14(13)20(24)27)18(25)23-21-22-15-9-8-12(31(3,28)29)10-16(15)30-21/h4-11,17H,1-3H3,(H,22,23,25)/t17-/m1/s1. The molecule has 1 N–H and O–H groups in total. The fourth-order valence-corrected chi connectivity index (χ4v) is 5.18. The lowest BCUT2D eigenvalue weighted by Gasteiger charge is -2.27.